The predicted molar refractivity (Wildman–Crippen MR) is 138 cm³/mol. The molecule has 0 aliphatic heterocycles. The van der Waals surface area contributed by atoms with Gasteiger partial charge in [0.2, 0.25) is 11.9 Å². The molecule has 0 fully saturated rings. The maximum atomic E-state index is 6.10. The number of hydrogen-bond donors (Lipinski definition) is 3. The first kappa shape index (κ1) is 22.5. The second-order valence-corrected chi connectivity index (χ2v) is 8.64. The van der Waals surface area contributed by atoms with Gasteiger partial charge in [0.25, 0.3) is 0 Å². The van der Waals surface area contributed by atoms with Crippen LogP contribution in [0.25, 0.3) is 11.3 Å². The summed E-state index contributed by atoms with van der Waals surface area (Å²) in [7, 11) is 0. The van der Waals surface area contributed by atoms with Gasteiger partial charge in [0.05, 0.1) is 17.9 Å². The molecule has 5 aromatic rings. The number of rotatable bonds is 9. The number of anilines is 2. The number of benzene rings is 2. The summed E-state index contributed by atoms with van der Waals surface area (Å²) >= 11 is 0. The second-order valence-electron chi connectivity index (χ2n) is 8.64. The number of aromatic nitrogens is 6. The quantitative estimate of drug-likeness (QED) is 0.298. The second kappa shape index (κ2) is 9.94. The largest absolute Gasteiger partial charge is 0.350 e. The van der Waals surface area contributed by atoms with Gasteiger partial charge >= 0.3 is 0 Å². The first-order chi connectivity index (χ1) is 17.1. The third-order valence-electron chi connectivity index (χ3n) is 5.94. The molecule has 0 aliphatic rings. The zero-order valence-electron chi connectivity index (χ0n) is 19.8. The van der Waals surface area contributed by atoms with Crippen LogP contribution in [-0.4, -0.2) is 35.9 Å². The molecular weight excluding hydrogens is 438 g/mol. The first-order valence-corrected chi connectivity index (χ1v) is 11.7. The van der Waals surface area contributed by atoms with E-state index in [9.17, 15) is 0 Å². The highest BCUT2D eigenvalue weighted by atomic mass is 15.4. The average Bonchev–Trinajstić information content (AvgIpc) is 3.57. The highest BCUT2D eigenvalue weighted by Crippen LogP contribution is 2.24. The Morgan fingerprint density at radius 2 is 1.74 bits per heavy atom. The summed E-state index contributed by atoms with van der Waals surface area (Å²) in [5, 5.41) is 15.9. The lowest BCUT2D eigenvalue weighted by atomic mass is 10.1. The molecule has 178 valence electrons. The SMILES string of the molecule is CC(C)c1cnn2c(NCc3ccccc3-n3cccn3)nc(NC(CN)c3ccccc3)nc12. The van der Waals surface area contributed by atoms with E-state index in [-0.39, 0.29) is 12.0 Å². The van der Waals surface area contributed by atoms with Crippen LogP contribution in [0, 0.1) is 0 Å². The van der Waals surface area contributed by atoms with Crippen molar-refractivity contribution in [3.63, 3.8) is 0 Å². The van der Waals surface area contributed by atoms with Crippen molar-refractivity contribution >= 4 is 17.5 Å². The molecule has 3 aromatic heterocycles. The maximum absolute atomic E-state index is 6.10. The number of hydrogen-bond acceptors (Lipinski definition) is 7. The van der Waals surface area contributed by atoms with Crippen molar-refractivity contribution < 1.29 is 0 Å². The van der Waals surface area contributed by atoms with E-state index in [0.29, 0.717) is 25.0 Å². The van der Waals surface area contributed by atoms with Gasteiger partial charge in [-0.15, -0.1) is 0 Å². The van der Waals surface area contributed by atoms with Gasteiger partial charge in [0, 0.05) is 31.0 Å². The third kappa shape index (κ3) is 4.71. The summed E-state index contributed by atoms with van der Waals surface area (Å²) in [4.78, 5) is 9.60. The summed E-state index contributed by atoms with van der Waals surface area (Å²) in [6, 6.07) is 20.0. The lowest BCUT2D eigenvalue weighted by Gasteiger charge is -2.18. The molecule has 35 heavy (non-hydrogen) atoms. The highest BCUT2D eigenvalue weighted by Gasteiger charge is 2.18. The molecule has 4 N–H and O–H groups in total. The van der Waals surface area contributed by atoms with E-state index < -0.39 is 0 Å². The average molecular weight is 468 g/mol. The lowest BCUT2D eigenvalue weighted by molar-refractivity contribution is 0.770. The van der Waals surface area contributed by atoms with Gasteiger partial charge in [-0.3, -0.25) is 0 Å². The van der Waals surface area contributed by atoms with E-state index in [1.54, 1.807) is 10.7 Å². The van der Waals surface area contributed by atoms with Crippen LogP contribution in [0.3, 0.4) is 0 Å². The van der Waals surface area contributed by atoms with E-state index in [2.05, 4.69) is 40.7 Å². The Morgan fingerprint density at radius 3 is 2.49 bits per heavy atom. The molecule has 1 atom stereocenters. The van der Waals surface area contributed by atoms with E-state index in [4.69, 9.17) is 15.7 Å². The van der Waals surface area contributed by atoms with Gasteiger partial charge in [-0.1, -0.05) is 62.4 Å². The van der Waals surface area contributed by atoms with Crippen LogP contribution in [0.2, 0.25) is 0 Å². The summed E-state index contributed by atoms with van der Waals surface area (Å²) in [5.41, 5.74) is 11.1. The normalized spacial score (nSPS) is 12.2. The molecule has 0 amide bonds. The van der Waals surface area contributed by atoms with E-state index in [1.807, 2.05) is 71.7 Å². The summed E-state index contributed by atoms with van der Waals surface area (Å²) in [6.07, 6.45) is 5.57. The van der Waals surface area contributed by atoms with Crippen molar-refractivity contribution in [3.8, 4) is 5.69 Å². The van der Waals surface area contributed by atoms with Crippen LogP contribution in [0.5, 0.6) is 0 Å². The van der Waals surface area contributed by atoms with Crippen LogP contribution < -0.4 is 16.4 Å². The molecule has 2 aromatic carbocycles. The number of nitrogens with one attached hydrogen (secondary N) is 2. The van der Waals surface area contributed by atoms with Crippen molar-refractivity contribution in [2.75, 3.05) is 17.2 Å². The van der Waals surface area contributed by atoms with Gasteiger partial charge in [-0.25, -0.2) is 4.68 Å². The third-order valence-corrected chi connectivity index (χ3v) is 5.94. The minimum atomic E-state index is -0.113. The minimum Gasteiger partial charge on any atom is -0.350 e. The molecular formula is C26H29N9. The summed E-state index contributed by atoms with van der Waals surface area (Å²) < 4.78 is 3.62. The lowest BCUT2D eigenvalue weighted by Crippen LogP contribution is -2.22. The van der Waals surface area contributed by atoms with Crippen molar-refractivity contribution in [2.45, 2.75) is 32.4 Å². The number of para-hydroxylation sites is 1. The Bertz CT molecular complexity index is 1390. The Hall–Kier alpha value is -4.24. The number of nitrogens with two attached hydrogens (primary N) is 1. The predicted octanol–water partition coefficient (Wildman–Crippen LogP) is 4.16. The molecule has 9 heteroatoms. The van der Waals surface area contributed by atoms with Crippen LogP contribution in [0.1, 0.15) is 42.5 Å². The monoisotopic (exact) mass is 467 g/mol. The molecule has 1 unspecified atom stereocenters. The number of fused-ring (bicyclic) bond motifs is 1. The molecule has 0 radical (unpaired) electrons. The molecule has 5 rings (SSSR count). The Labute approximate surface area is 204 Å². The fraction of sp³-hybridized carbons (Fsp3) is 0.231. The van der Waals surface area contributed by atoms with Crippen LogP contribution in [-0.2, 0) is 6.54 Å². The van der Waals surface area contributed by atoms with Gasteiger partial charge in [-0.2, -0.15) is 24.7 Å². The van der Waals surface area contributed by atoms with Crippen molar-refractivity contribution in [1.29, 1.82) is 0 Å². The zero-order chi connectivity index (χ0) is 24.2. The Balaban J connectivity index is 1.49. The minimum absolute atomic E-state index is 0.113. The summed E-state index contributed by atoms with van der Waals surface area (Å²) in [5.74, 6) is 1.37. The smallest absolute Gasteiger partial charge is 0.229 e. The highest BCUT2D eigenvalue weighted by molar-refractivity contribution is 5.56. The molecule has 3 heterocycles. The van der Waals surface area contributed by atoms with Crippen molar-refractivity contribution in [3.05, 3.63) is 95.9 Å². The first-order valence-electron chi connectivity index (χ1n) is 11.7. The standard InChI is InChI=1S/C26H29N9/c1-18(2)21-17-30-35-24(21)32-25(31-22(15-27)19-9-4-3-5-10-19)33-26(35)28-16-20-11-6-7-12-23(20)34-14-8-13-29-34/h3-14,17-18,22H,15-16,27H2,1-2H3,(H2,28,31,32,33). The molecule has 0 saturated carbocycles. The van der Waals surface area contributed by atoms with E-state index >= 15 is 0 Å². The van der Waals surface area contributed by atoms with Crippen LogP contribution >= 0.6 is 0 Å². The molecule has 0 aliphatic carbocycles. The zero-order valence-corrected chi connectivity index (χ0v) is 19.8. The topological polar surface area (TPSA) is 111 Å². The molecule has 0 saturated heterocycles. The Kier molecular flexibility index (Phi) is 6.40. The molecule has 0 spiro atoms. The molecule has 9 nitrogen and oxygen atoms in total. The van der Waals surface area contributed by atoms with Gasteiger partial charge in [0.1, 0.15) is 0 Å². The fourth-order valence-corrected chi connectivity index (χ4v) is 4.07. The van der Waals surface area contributed by atoms with Gasteiger partial charge < -0.3 is 16.4 Å². The molecule has 0 bridgehead atoms. The Morgan fingerprint density at radius 1 is 0.943 bits per heavy atom. The fourth-order valence-electron chi connectivity index (χ4n) is 4.07. The van der Waals surface area contributed by atoms with E-state index in [0.717, 1.165) is 28.0 Å². The van der Waals surface area contributed by atoms with Gasteiger partial charge in [-0.05, 0) is 29.2 Å². The van der Waals surface area contributed by atoms with Crippen LogP contribution in [0.15, 0.2) is 79.3 Å². The maximum Gasteiger partial charge on any atom is 0.229 e. The van der Waals surface area contributed by atoms with Crippen molar-refractivity contribution in [2.24, 2.45) is 5.73 Å². The van der Waals surface area contributed by atoms with Crippen LogP contribution in [0.4, 0.5) is 11.9 Å². The van der Waals surface area contributed by atoms with E-state index in [1.165, 1.54) is 0 Å². The number of nitrogens with zero attached hydrogens (tertiary/aromatic N) is 6. The summed E-state index contributed by atoms with van der Waals surface area (Å²) in [6.45, 7) is 5.21. The van der Waals surface area contributed by atoms with Crippen molar-refractivity contribution in [1.82, 2.24) is 29.4 Å². The van der Waals surface area contributed by atoms with Gasteiger partial charge in [0.15, 0.2) is 5.65 Å².